The molecule has 0 fully saturated rings. The van der Waals surface area contributed by atoms with E-state index in [9.17, 15) is 4.79 Å². The number of esters is 1. The van der Waals surface area contributed by atoms with Crippen LogP contribution in [0.1, 0.15) is 54.4 Å². The number of hydrogen-bond acceptors (Lipinski definition) is 2. The van der Waals surface area contributed by atoms with Gasteiger partial charge in [0.2, 0.25) is 0 Å². The van der Waals surface area contributed by atoms with Crippen molar-refractivity contribution in [2.75, 3.05) is 6.61 Å². The highest BCUT2D eigenvalue weighted by molar-refractivity contribution is 5.71. The van der Waals surface area contributed by atoms with Crippen LogP contribution < -0.4 is 0 Å². The second-order valence-electron chi connectivity index (χ2n) is 5.81. The van der Waals surface area contributed by atoms with Crippen molar-refractivity contribution in [2.24, 2.45) is 17.3 Å². The molecule has 0 aliphatic heterocycles. The van der Waals surface area contributed by atoms with E-state index in [1.165, 1.54) is 0 Å². The molecule has 0 spiro atoms. The van der Waals surface area contributed by atoms with Gasteiger partial charge in [0.25, 0.3) is 0 Å². The minimum Gasteiger partial charge on any atom is -0.465 e. The smallest absolute Gasteiger partial charge is 0.308 e. The molecule has 0 aromatic rings. The van der Waals surface area contributed by atoms with Gasteiger partial charge in [-0.15, -0.1) is 0 Å². The summed E-state index contributed by atoms with van der Waals surface area (Å²) in [5, 5.41) is 0. The van der Waals surface area contributed by atoms with Gasteiger partial charge < -0.3 is 4.74 Å². The fourth-order valence-electron chi connectivity index (χ4n) is 1.64. The molecule has 0 aliphatic rings. The van der Waals surface area contributed by atoms with Gasteiger partial charge in [-0.25, -0.2) is 0 Å². The van der Waals surface area contributed by atoms with E-state index in [0.717, 1.165) is 12.8 Å². The highest BCUT2D eigenvalue weighted by Gasteiger charge is 2.18. The summed E-state index contributed by atoms with van der Waals surface area (Å²) < 4.78 is 5.26. The van der Waals surface area contributed by atoms with E-state index in [4.69, 9.17) is 4.74 Å². The molecule has 0 rings (SSSR count). The molecule has 0 aromatic carbocycles. The summed E-state index contributed by atoms with van der Waals surface area (Å²) in [6, 6.07) is 0. The molecule has 0 amide bonds. The predicted molar refractivity (Wildman–Crippen MR) is 63.7 cm³/mol. The van der Waals surface area contributed by atoms with Crippen LogP contribution in [-0.4, -0.2) is 12.6 Å². The number of carbonyl (C=O) groups is 1. The minimum atomic E-state index is -0.0572. The Hall–Kier alpha value is -0.530. The first-order chi connectivity index (χ1) is 6.76. The van der Waals surface area contributed by atoms with Crippen molar-refractivity contribution in [1.82, 2.24) is 0 Å². The van der Waals surface area contributed by atoms with Gasteiger partial charge in [0, 0.05) is 0 Å². The lowest BCUT2D eigenvalue weighted by Gasteiger charge is -2.23. The molecular formula is C13H26O2. The molecule has 90 valence electrons. The SMILES string of the molecule is CCC(C)C(=O)OCC(C)CC(C)(C)C. The van der Waals surface area contributed by atoms with Gasteiger partial charge in [-0.2, -0.15) is 0 Å². The van der Waals surface area contributed by atoms with Crippen molar-refractivity contribution < 1.29 is 9.53 Å². The largest absolute Gasteiger partial charge is 0.465 e. The molecule has 0 radical (unpaired) electrons. The predicted octanol–water partition coefficient (Wildman–Crippen LogP) is 3.65. The monoisotopic (exact) mass is 214 g/mol. The Morgan fingerprint density at radius 1 is 1.27 bits per heavy atom. The zero-order valence-corrected chi connectivity index (χ0v) is 11.1. The maximum absolute atomic E-state index is 11.4. The summed E-state index contributed by atoms with van der Waals surface area (Å²) in [7, 11) is 0. The Kier molecular flexibility index (Phi) is 5.92. The Morgan fingerprint density at radius 2 is 1.80 bits per heavy atom. The van der Waals surface area contributed by atoms with E-state index < -0.39 is 0 Å². The van der Waals surface area contributed by atoms with Gasteiger partial charge in [0.05, 0.1) is 12.5 Å². The molecule has 0 N–H and O–H groups in total. The molecule has 15 heavy (non-hydrogen) atoms. The van der Waals surface area contributed by atoms with Gasteiger partial charge in [-0.05, 0) is 24.2 Å². The topological polar surface area (TPSA) is 26.3 Å². The second-order valence-corrected chi connectivity index (χ2v) is 5.81. The van der Waals surface area contributed by atoms with Crippen LogP contribution in [0.3, 0.4) is 0 Å². The van der Waals surface area contributed by atoms with Gasteiger partial charge >= 0.3 is 5.97 Å². The maximum atomic E-state index is 11.4. The van der Waals surface area contributed by atoms with E-state index in [1.807, 2.05) is 13.8 Å². The molecule has 0 bridgehead atoms. The molecule has 0 aromatic heterocycles. The number of rotatable bonds is 5. The summed E-state index contributed by atoms with van der Waals surface area (Å²) in [5.41, 5.74) is 0.308. The lowest BCUT2D eigenvalue weighted by molar-refractivity contribution is -0.149. The van der Waals surface area contributed by atoms with Crippen LogP contribution in [0.15, 0.2) is 0 Å². The zero-order chi connectivity index (χ0) is 12.1. The van der Waals surface area contributed by atoms with E-state index in [1.54, 1.807) is 0 Å². The average molecular weight is 214 g/mol. The lowest BCUT2D eigenvalue weighted by atomic mass is 9.86. The van der Waals surface area contributed by atoms with E-state index in [2.05, 4.69) is 27.7 Å². The van der Waals surface area contributed by atoms with Crippen molar-refractivity contribution in [3.8, 4) is 0 Å². The fourth-order valence-corrected chi connectivity index (χ4v) is 1.64. The van der Waals surface area contributed by atoms with Gasteiger partial charge in [-0.1, -0.05) is 41.5 Å². The lowest BCUT2D eigenvalue weighted by Crippen LogP contribution is -2.20. The van der Waals surface area contributed by atoms with Gasteiger partial charge in [-0.3, -0.25) is 4.79 Å². The first kappa shape index (κ1) is 14.5. The number of carbonyl (C=O) groups excluding carboxylic acids is 1. The highest BCUT2D eigenvalue weighted by Crippen LogP contribution is 2.24. The summed E-state index contributed by atoms with van der Waals surface area (Å²) in [4.78, 5) is 11.4. The van der Waals surface area contributed by atoms with Crippen LogP contribution in [0.25, 0.3) is 0 Å². The van der Waals surface area contributed by atoms with Crippen LogP contribution >= 0.6 is 0 Å². The van der Waals surface area contributed by atoms with Crippen LogP contribution in [0.5, 0.6) is 0 Å². The second kappa shape index (κ2) is 6.14. The normalized spacial score (nSPS) is 15.9. The average Bonchev–Trinajstić information content (AvgIpc) is 2.10. The zero-order valence-electron chi connectivity index (χ0n) is 11.1. The molecular weight excluding hydrogens is 188 g/mol. The third-order valence-corrected chi connectivity index (χ3v) is 2.49. The fraction of sp³-hybridized carbons (Fsp3) is 0.923. The Balaban J connectivity index is 3.81. The minimum absolute atomic E-state index is 0.0341. The summed E-state index contributed by atoms with van der Waals surface area (Å²) in [5.74, 6) is 0.420. The summed E-state index contributed by atoms with van der Waals surface area (Å²) in [6.45, 7) is 13.2. The summed E-state index contributed by atoms with van der Waals surface area (Å²) >= 11 is 0. The first-order valence-electron chi connectivity index (χ1n) is 5.93. The van der Waals surface area contributed by atoms with Crippen molar-refractivity contribution in [1.29, 1.82) is 0 Å². The van der Waals surface area contributed by atoms with E-state index in [0.29, 0.717) is 17.9 Å². The number of ether oxygens (including phenoxy) is 1. The third kappa shape index (κ3) is 7.40. The van der Waals surface area contributed by atoms with Crippen molar-refractivity contribution in [2.45, 2.75) is 54.4 Å². The Morgan fingerprint density at radius 3 is 2.20 bits per heavy atom. The molecule has 2 heteroatoms. The quantitative estimate of drug-likeness (QED) is 0.653. The Bertz CT molecular complexity index is 191. The highest BCUT2D eigenvalue weighted by atomic mass is 16.5. The summed E-state index contributed by atoms with van der Waals surface area (Å²) in [6.07, 6.45) is 1.94. The Labute approximate surface area is 94.4 Å². The van der Waals surface area contributed by atoms with E-state index >= 15 is 0 Å². The van der Waals surface area contributed by atoms with Crippen molar-refractivity contribution in [3.05, 3.63) is 0 Å². The van der Waals surface area contributed by atoms with E-state index in [-0.39, 0.29) is 11.9 Å². The molecule has 2 nitrogen and oxygen atoms in total. The standard InChI is InChI=1S/C13H26O2/c1-7-11(3)12(14)15-9-10(2)8-13(4,5)6/h10-11H,7-9H2,1-6H3. The van der Waals surface area contributed by atoms with Crippen molar-refractivity contribution >= 4 is 5.97 Å². The molecule has 0 saturated carbocycles. The number of hydrogen-bond donors (Lipinski definition) is 0. The molecule has 0 aliphatic carbocycles. The van der Waals surface area contributed by atoms with Crippen molar-refractivity contribution in [3.63, 3.8) is 0 Å². The molecule has 0 heterocycles. The van der Waals surface area contributed by atoms with Gasteiger partial charge in [0.15, 0.2) is 0 Å². The van der Waals surface area contributed by atoms with Crippen LogP contribution in [0.2, 0.25) is 0 Å². The molecule has 2 unspecified atom stereocenters. The first-order valence-corrected chi connectivity index (χ1v) is 5.93. The maximum Gasteiger partial charge on any atom is 0.308 e. The van der Waals surface area contributed by atoms with Gasteiger partial charge in [0.1, 0.15) is 0 Å². The molecule has 2 atom stereocenters. The third-order valence-electron chi connectivity index (χ3n) is 2.49. The van der Waals surface area contributed by atoms with Crippen LogP contribution in [0, 0.1) is 17.3 Å². The van der Waals surface area contributed by atoms with Crippen LogP contribution in [-0.2, 0) is 9.53 Å². The van der Waals surface area contributed by atoms with Crippen LogP contribution in [0.4, 0.5) is 0 Å². The molecule has 0 saturated heterocycles.